The number of hydrogen-bond donors (Lipinski definition) is 2. The van der Waals surface area contributed by atoms with E-state index in [0.717, 1.165) is 16.8 Å². The Morgan fingerprint density at radius 2 is 2.10 bits per heavy atom. The van der Waals surface area contributed by atoms with E-state index >= 15 is 0 Å². The van der Waals surface area contributed by atoms with E-state index in [4.69, 9.17) is 5.11 Å². The minimum atomic E-state index is -0.959. The number of urea groups is 1. The number of aromatic nitrogens is 1. The fourth-order valence-electron chi connectivity index (χ4n) is 2.25. The lowest BCUT2D eigenvalue weighted by molar-refractivity contribution is 0.0696. The number of nitrogens with zero attached hydrogens (tertiary/aromatic N) is 2. The van der Waals surface area contributed by atoms with E-state index in [0.29, 0.717) is 18.2 Å². The van der Waals surface area contributed by atoms with Gasteiger partial charge in [-0.3, -0.25) is 5.32 Å². The van der Waals surface area contributed by atoms with Crippen LogP contribution in [0.5, 0.6) is 0 Å². The molecule has 6 nitrogen and oxygen atoms in total. The Balaban J connectivity index is 1.72. The fraction of sp³-hybridized carbons (Fsp3) is 0.214. The van der Waals surface area contributed by atoms with Gasteiger partial charge in [0.1, 0.15) is 0 Å². The predicted octanol–water partition coefficient (Wildman–Crippen LogP) is 2.70. The normalized spacial score (nSPS) is 13.1. The second-order valence-electron chi connectivity index (χ2n) is 4.87. The second-order valence-corrected chi connectivity index (χ2v) is 5.73. The molecule has 108 valence electrons. The number of carboxylic acids is 1. The monoisotopic (exact) mass is 303 g/mol. The molecular weight excluding hydrogens is 290 g/mol. The second kappa shape index (κ2) is 5.17. The summed E-state index contributed by atoms with van der Waals surface area (Å²) < 4.78 is 0. The molecule has 2 heterocycles. The van der Waals surface area contributed by atoms with Crippen molar-refractivity contribution in [2.75, 3.05) is 5.32 Å². The summed E-state index contributed by atoms with van der Waals surface area (Å²) in [6, 6.07) is 4.72. The Hall–Kier alpha value is -2.41. The van der Waals surface area contributed by atoms with Crippen LogP contribution >= 0.6 is 11.3 Å². The van der Waals surface area contributed by atoms with Gasteiger partial charge >= 0.3 is 12.0 Å². The first-order valence-electron chi connectivity index (χ1n) is 6.36. The van der Waals surface area contributed by atoms with E-state index in [1.165, 1.54) is 11.3 Å². The van der Waals surface area contributed by atoms with Crippen molar-refractivity contribution < 1.29 is 14.7 Å². The minimum Gasteiger partial charge on any atom is -0.478 e. The van der Waals surface area contributed by atoms with Crippen LogP contribution in [0.2, 0.25) is 0 Å². The number of hydrogen-bond acceptors (Lipinski definition) is 4. The summed E-state index contributed by atoms with van der Waals surface area (Å²) in [5.41, 5.74) is 2.96. The maximum Gasteiger partial charge on any atom is 0.335 e. The first-order chi connectivity index (χ1) is 10.0. The van der Waals surface area contributed by atoms with Crippen LogP contribution in [-0.4, -0.2) is 27.0 Å². The van der Waals surface area contributed by atoms with Crippen molar-refractivity contribution in [3.05, 3.63) is 46.0 Å². The zero-order valence-corrected chi connectivity index (χ0v) is 12.1. The standard InChI is InChI=1S/C14H13N3O3S/c1-8-7-21-13(15-8)16-14(20)17-5-10-3-2-9(12(18)19)4-11(10)6-17/h2-4,7H,5-6H2,1H3,(H,18,19)(H,15,16,20). The number of aryl methyl sites for hydroxylation is 1. The first kappa shape index (κ1) is 13.6. The molecule has 0 atom stereocenters. The fourth-order valence-corrected chi connectivity index (χ4v) is 2.93. The highest BCUT2D eigenvalue weighted by Crippen LogP contribution is 2.25. The lowest BCUT2D eigenvalue weighted by Gasteiger charge is -2.14. The van der Waals surface area contributed by atoms with E-state index in [1.807, 2.05) is 12.3 Å². The number of nitrogens with one attached hydrogen (secondary N) is 1. The number of thiazole rings is 1. The molecule has 1 aliphatic heterocycles. The van der Waals surface area contributed by atoms with Crippen LogP contribution in [0.15, 0.2) is 23.6 Å². The number of fused-ring (bicyclic) bond motifs is 1. The van der Waals surface area contributed by atoms with Crippen molar-refractivity contribution in [2.45, 2.75) is 20.0 Å². The van der Waals surface area contributed by atoms with Crippen molar-refractivity contribution in [2.24, 2.45) is 0 Å². The van der Waals surface area contributed by atoms with E-state index in [2.05, 4.69) is 10.3 Å². The van der Waals surface area contributed by atoms with Gasteiger partial charge in [0.25, 0.3) is 0 Å². The van der Waals surface area contributed by atoms with E-state index in [-0.39, 0.29) is 11.6 Å². The molecule has 0 radical (unpaired) electrons. The predicted molar refractivity (Wildman–Crippen MR) is 78.5 cm³/mol. The summed E-state index contributed by atoms with van der Waals surface area (Å²) in [7, 11) is 0. The quantitative estimate of drug-likeness (QED) is 0.893. The maximum atomic E-state index is 12.2. The SMILES string of the molecule is Cc1csc(NC(=O)N2Cc3ccc(C(=O)O)cc3C2)n1. The highest BCUT2D eigenvalue weighted by atomic mass is 32.1. The average molecular weight is 303 g/mol. The minimum absolute atomic E-state index is 0.225. The van der Waals surface area contributed by atoms with Gasteiger partial charge in [-0.2, -0.15) is 0 Å². The largest absolute Gasteiger partial charge is 0.478 e. The van der Waals surface area contributed by atoms with Gasteiger partial charge in [0.05, 0.1) is 11.3 Å². The Labute approximate surface area is 125 Å². The Morgan fingerprint density at radius 1 is 1.33 bits per heavy atom. The molecule has 1 aromatic heterocycles. The number of anilines is 1. The zero-order valence-electron chi connectivity index (χ0n) is 11.3. The Morgan fingerprint density at radius 3 is 2.76 bits per heavy atom. The molecule has 0 aliphatic carbocycles. The molecule has 0 bridgehead atoms. The summed E-state index contributed by atoms with van der Waals surface area (Å²) >= 11 is 1.38. The smallest absolute Gasteiger partial charge is 0.335 e. The van der Waals surface area contributed by atoms with Crippen LogP contribution < -0.4 is 5.32 Å². The molecule has 0 fully saturated rings. The number of rotatable bonds is 2. The molecule has 0 spiro atoms. The van der Waals surface area contributed by atoms with Crippen molar-refractivity contribution in [3.8, 4) is 0 Å². The molecule has 0 unspecified atom stereocenters. The van der Waals surface area contributed by atoms with Crippen LogP contribution in [-0.2, 0) is 13.1 Å². The summed E-state index contributed by atoms with van der Waals surface area (Å²) in [5, 5.41) is 14.2. The van der Waals surface area contributed by atoms with Crippen LogP contribution in [0.1, 0.15) is 27.2 Å². The third kappa shape index (κ3) is 2.73. The molecular formula is C14H13N3O3S. The van der Waals surface area contributed by atoms with Gasteiger partial charge in [-0.25, -0.2) is 14.6 Å². The van der Waals surface area contributed by atoms with Crippen molar-refractivity contribution in [1.82, 2.24) is 9.88 Å². The number of benzene rings is 1. The lowest BCUT2D eigenvalue weighted by Crippen LogP contribution is -2.30. The summed E-state index contributed by atoms with van der Waals surface area (Å²) in [6.07, 6.45) is 0. The highest BCUT2D eigenvalue weighted by molar-refractivity contribution is 7.13. The van der Waals surface area contributed by atoms with E-state index < -0.39 is 5.97 Å². The van der Waals surface area contributed by atoms with Gasteiger partial charge in [-0.15, -0.1) is 11.3 Å². The average Bonchev–Trinajstić information content (AvgIpc) is 3.03. The molecule has 1 aliphatic rings. The third-order valence-electron chi connectivity index (χ3n) is 3.30. The van der Waals surface area contributed by atoms with Crippen LogP contribution in [0, 0.1) is 6.92 Å². The highest BCUT2D eigenvalue weighted by Gasteiger charge is 2.24. The number of carbonyl (C=O) groups excluding carboxylic acids is 1. The van der Waals surface area contributed by atoms with Gasteiger partial charge < -0.3 is 10.0 Å². The molecule has 0 saturated heterocycles. The Bertz CT molecular complexity index is 726. The topological polar surface area (TPSA) is 82.5 Å². The molecule has 21 heavy (non-hydrogen) atoms. The van der Waals surface area contributed by atoms with Crippen LogP contribution in [0.4, 0.5) is 9.93 Å². The molecule has 7 heteroatoms. The molecule has 2 amide bonds. The van der Waals surface area contributed by atoms with Crippen LogP contribution in [0.25, 0.3) is 0 Å². The van der Waals surface area contributed by atoms with E-state index in [9.17, 15) is 9.59 Å². The summed E-state index contributed by atoms with van der Waals surface area (Å²) in [6.45, 7) is 2.75. The molecule has 0 saturated carbocycles. The molecule has 1 aromatic carbocycles. The first-order valence-corrected chi connectivity index (χ1v) is 7.24. The number of carbonyl (C=O) groups is 2. The third-order valence-corrected chi connectivity index (χ3v) is 4.17. The molecule has 2 aromatic rings. The summed E-state index contributed by atoms with van der Waals surface area (Å²) in [4.78, 5) is 29.0. The lowest BCUT2D eigenvalue weighted by atomic mass is 10.1. The van der Waals surface area contributed by atoms with Crippen LogP contribution in [0.3, 0.4) is 0 Å². The van der Waals surface area contributed by atoms with Gasteiger partial charge in [0.2, 0.25) is 0 Å². The number of carboxylic acid groups (broad SMARTS) is 1. The van der Waals surface area contributed by atoms with Gasteiger partial charge in [0.15, 0.2) is 5.13 Å². The Kier molecular flexibility index (Phi) is 3.34. The molecule has 2 N–H and O–H groups in total. The van der Waals surface area contributed by atoms with Crippen molar-refractivity contribution >= 4 is 28.5 Å². The van der Waals surface area contributed by atoms with Gasteiger partial charge in [0, 0.05) is 18.5 Å². The van der Waals surface area contributed by atoms with Crippen molar-refractivity contribution in [1.29, 1.82) is 0 Å². The molecule has 3 rings (SSSR count). The van der Waals surface area contributed by atoms with E-state index in [1.54, 1.807) is 23.1 Å². The number of aromatic carboxylic acids is 1. The maximum absolute atomic E-state index is 12.2. The van der Waals surface area contributed by atoms with Crippen molar-refractivity contribution in [3.63, 3.8) is 0 Å². The van der Waals surface area contributed by atoms with Gasteiger partial charge in [-0.05, 0) is 30.2 Å². The van der Waals surface area contributed by atoms with Gasteiger partial charge in [-0.1, -0.05) is 6.07 Å². The zero-order chi connectivity index (χ0) is 15.0. The number of amides is 2. The summed E-state index contributed by atoms with van der Waals surface area (Å²) in [5.74, 6) is -0.959.